The standard InChI is InChI=1S/C21H15N5/c22-21-23-11-17-10-15(6-8-18(17)25-21)16-7-9-20-24-19(13-26(20)12-16)14-4-2-1-3-5-14/h1-13H,(H2,22,23,25). The highest BCUT2D eigenvalue weighted by Gasteiger charge is 2.07. The molecular weight excluding hydrogens is 322 g/mol. The third-order valence-electron chi connectivity index (χ3n) is 4.45. The number of benzene rings is 2. The van der Waals surface area contributed by atoms with Crippen molar-refractivity contribution >= 4 is 22.5 Å². The molecule has 0 saturated heterocycles. The summed E-state index contributed by atoms with van der Waals surface area (Å²) >= 11 is 0. The van der Waals surface area contributed by atoms with Crippen LogP contribution in [0.5, 0.6) is 0 Å². The number of imidazole rings is 1. The molecule has 0 atom stereocenters. The van der Waals surface area contributed by atoms with E-state index in [4.69, 9.17) is 10.7 Å². The molecule has 5 aromatic rings. The predicted molar refractivity (Wildman–Crippen MR) is 104 cm³/mol. The van der Waals surface area contributed by atoms with Crippen LogP contribution in [0.25, 0.3) is 38.9 Å². The third-order valence-corrected chi connectivity index (χ3v) is 4.45. The maximum Gasteiger partial charge on any atom is 0.220 e. The average molecular weight is 337 g/mol. The Morgan fingerprint density at radius 3 is 2.50 bits per heavy atom. The summed E-state index contributed by atoms with van der Waals surface area (Å²) in [4.78, 5) is 13.0. The van der Waals surface area contributed by atoms with Gasteiger partial charge in [0, 0.05) is 29.5 Å². The van der Waals surface area contributed by atoms with E-state index in [1.807, 2.05) is 36.4 Å². The van der Waals surface area contributed by atoms with Crippen molar-refractivity contribution < 1.29 is 0 Å². The molecule has 26 heavy (non-hydrogen) atoms. The van der Waals surface area contributed by atoms with Crippen LogP contribution in [0.3, 0.4) is 0 Å². The van der Waals surface area contributed by atoms with Gasteiger partial charge >= 0.3 is 0 Å². The molecule has 5 rings (SSSR count). The van der Waals surface area contributed by atoms with Crippen LogP contribution in [0.1, 0.15) is 0 Å². The minimum Gasteiger partial charge on any atom is -0.368 e. The summed E-state index contributed by atoms with van der Waals surface area (Å²) in [6.07, 6.45) is 5.90. The van der Waals surface area contributed by atoms with Gasteiger partial charge < -0.3 is 10.1 Å². The van der Waals surface area contributed by atoms with Gasteiger partial charge in [0.2, 0.25) is 5.95 Å². The van der Waals surface area contributed by atoms with Gasteiger partial charge in [-0.15, -0.1) is 0 Å². The van der Waals surface area contributed by atoms with Gasteiger partial charge in [0.15, 0.2) is 0 Å². The van der Waals surface area contributed by atoms with Crippen LogP contribution >= 0.6 is 0 Å². The quantitative estimate of drug-likeness (QED) is 0.524. The fraction of sp³-hybridized carbons (Fsp3) is 0. The Balaban J connectivity index is 1.60. The molecule has 0 amide bonds. The highest BCUT2D eigenvalue weighted by Crippen LogP contribution is 2.25. The highest BCUT2D eigenvalue weighted by molar-refractivity contribution is 5.84. The summed E-state index contributed by atoms with van der Waals surface area (Å²) in [6.45, 7) is 0. The first-order valence-electron chi connectivity index (χ1n) is 8.33. The average Bonchev–Trinajstić information content (AvgIpc) is 3.11. The number of nitrogen functional groups attached to an aromatic ring is 1. The summed E-state index contributed by atoms with van der Waals surface area (Å²) in [5.41, 5.74) is 11.7. The van der Waals surface area contributed by atoms with Crippen LogP contribution in [0, 0.1) is 0 Å². The topological polar surface area (TPSA) is 69.1 Å². The van der Waals surface area contributed by atoms with Crippen molar-refractivity contribution in [3.63, 3.8) is 0 Å². The molecule has 124 valence electrons. The Kier molecular flexibility index (Phi) is 3.18. The molecule has 5 heteroatoms. The summed E-state index contributed by atoms with van der Waals surface area (Å²) < 4.78 is 2.06. The van der Waals surface area contributed by atoms with E-state index < -0.39 is 0 Å². The fourth-order valence-electron chi connectivity index (χ4n) is 3.14. The zero-order valence-corrected chi connectivity index (χ0v) is 13.9. The second-order valence-electron chi connectivity index (χ2n) is 6.18. The van der Waals surface area contributed by atoms with Gasteiger partial charge in [-0.1, -0.05) is 36.4 Å². The number of hydrogen-bond donors (Lipinski definition) is 1. The van der Waals surface area contributed by atoms with Crippen molar-refractivity contribution in [1.82, 2.24) is 19.4 Å². The Labute approximate surface area is 149 Å². The third kappa shape index (κ3) is 2.46. The summed E-state index contributed by atoms with van der Waals surface area (Å²) in [6, 6.07) is 20.4. The monoisotopic (exact) mass is 337 g/mol. The lowest BCUT2D eigenvalue weighted by atomic mass is 10.1. The van der Waals surface area contributed by atoms with Gasteiger partial charge in [-0.2, -0.15) is 0 Å². The van der Waals surface area contributed by atoms with Crippen LogP contribution in [-0.4, -0.2) is 19.4 Å². The van der Waals surface area contributed by atoms with Crippen molar-refractivity contribution in [2.45, 2.75) is 0 Å². The molecule has 2 N–H and O–H groups in total. The van der Waals surface area contributed by atoms with Crippen molar-refractivity contribution in [3.05, 3.63) is 79.3 Å². The zero-order chi connectivity index (χ0) is 17.5. The van der Waals surface area contributed by atoms with Crippen LogP contribution in [0.4, 0.5) is 5.95 Å². The number of nitrogens with two attached hydrogens (primary N) is 1. The van der Waals surface area contributed by atoms with E-state index in [9.17, 15) is 0 Å². The summed E-state index contributed by atoms with van der Waals surface area (Å²) in [5, 5.41) is 0.965. The maximum absolute atomic E-state index is 5.65. The first-order valence-corrected chi connectivity index (χ1v) is 8.33. The molecule has 0 saturated carbocycles. The molecule has 0 spiro atoms. The largest absolute Gasteiger partial charge is 0.368 e. The van der Waals surface area contributed by atoms with Crippen LogP contribution < -0.4 is 5.73 Å². The van der Waals surface area contributed by atoms with E-state index in [-0.39, 0.29) is 0 Å². The molecule has 0 fully saturated rings. The van der Waals surface area contributed by atoms with Gasteiger partial charge in [0.05, 0.1) is 11.2 Å². The van der Waals surface area contributed by atoms with Gasteiger partial charge in [-0.25, -0.2) is 15.0 Å². The molecule has 0 aliphatic carbocycles. The molecule has 5 nitrogen and oxygen atoms in total. The van der Waals surface area contributed by atoms with Crippen molar-refractivity contribution in [2.24, 2.45) is 0 Å². The van der Waals surface area contributed by atoms with Crippen molar-refractivity contribution in [1.29, 1.82) is 0 Å². The number of hydrogen-bond acceptors (Lipinski definition) is 4. The van der Waals surface area contributed by atoms with Gasteiger partial charge in [0.25, 0.3) is 0 Å². The van der Waals surface area contributed by atoms with E-state index >= 15 is 0 Å². The molecule has 0 radical (unpaired) electrons. The molecule has 3 aromatic heterocycles. The normalized spacial score (nSPS) is 11.2. The van der Waals surface area contributed by atoms with Crippen molar-refractivity contribution in [2.75, 3.05) is 5.73 Å². The van der Waals surface area contributed by atoms with Crippen LogP contribution in [-0.2, 0) is 0 Å². The first kappa shape index (κ1) is 14.6. The molecule has 3 heterocycles. The zero-order valence-electron chi connectivity index (χ0n) is 13.9. The number of aromatic nitrogens is 4. The van der Waals surface area contributed by atoms with E-state index in [0.717, 1.165) is 38.9 Å². The number of fused-ring (bicyclic) bond motifs is 2. The van der Waals surface area contributed by atoms with E-state index in [1.54, 1.807) is 6.20 Å². The highest BCUT2D eigenvalue weighted by atomic mass is 15.0. The predicted octanol–water partition coefficient (Wildman–Crippen LogP) is 4.19. The number of pyridine rings is 1. The minimum atomic E-state index is 0.290. The second kappa shape index (κ2) is 5.67. The SMILES string of the molecule is Nc1ncc2cc(-c3ccc4nc(-c5ccccc5)cn4c3)ccc2n1. The molecule has 0 bridgehead atoms. The van der Waals surface area contributed by atoms with Crippen LogP contribution in [0.15, 0.2) is 79.3 Å². The Morgan fingerprint density at radius 2 is 1.62 bits per heavy atom. The first-order chi connectivity index (χ1) is 12.8. The van der Waals surface area contributed by atoms with Gasteiger partial charge in [0.1, 0.15) is 5.65 Å². The Hall–Kier alpha value is -3.73. The maximum atomic E-state index is 5.65. The van der Waals surface area contributed by atoms with E-state index in [2.05, 4.69) is 51.0 Å². The van der Waals surface area contributed by atoms with Gasteiger partial charge in [-0.3, -0.25) is 0 Å². The van der Waals surface area contributed by atoms with Gasteiger partial charge in [-0.05, 0) is 35.4 Å². The van der Waals surface area contributed by atoms with E-state index in [1.165, 1.54) is 0 Å². The lowest BCUT2D eigenvalue weighted by molar-refractivity contribution is 1.19. The molecule has 0 aliphatic heterocycles. The second-order valence-corrected chi connectivity index (χ2v) is 6.18. The van der Waals surface area contributed by atoms with Crippen molar-refractivity contribution in [3.8, 4) is 22.4 Å². The Bertz CT molecular complexity index is 1240. The number of nitrogens with zero attached hydrogens (tertiary/aromatic N) is 4. The molecule has 0 unspecified atom stereocenters. The number of anilines is 1. The summed E-state index contributed by atoms with van der Waals surface area (Å²) in [7, 11) is 0. The summed E-state index contributed by atoms with van der Waals surface area (Å²) in [5.74, 6) is 0.290. The molecule has 2 aromatic carbocycles. The lowest BCUT2D eigenvalue weighted by Crippen LogP contribution is -1.94. The molecular formula is C21H15N5. The fourth-order valence-corrected chi connectivity index (χ4v) is 3.14. The van der Waals surface area contributed by atoms with Crippen LogP contribution in [0.2, 0.25) is 0 Å². The minimum absolute atomic E-state index is 0.290. The molecule has 0 aliphatic rings. The Morgan fingerprint density at radius 1 is 0.769 bits per heavy atom. The van der Waals surface area contributed by atoms with E-state index in [0.29, 0.717) is 5.95 Å². The smallest absolute Gasteiger partial charge is 0.220 e. The lowest BCUT2D eigenvalue weighted by Gasteiger charge is -2.05. The number of rotatable bonds is 2.